The van der Waals surface area contributed by atoms with Crippen LogP contribution in [0.4, 0.5) is 0 Å². The van der Waals surface area contributed by atoms with Gasteiger partial charge in [-0.15, -0.1) is 0 Å². The molecule has 0 bridgehead atoms. The van der Waals surface area contributed by atoms with Gasteiger partial charge >= 0.3 is 0 Å². The van der Waals surface area contributed by atoms with Crippen molar-refractivity contribution < 1.29 is 4.21 Å². The second kappa shape index (κ2) is 12.6. The number of hydrogen-bond donors (Lipinski definition) is 2. The molecule has 0 spiro atoms. The van der Waals surface area contributed by atoms with Crippen LogP contribution < -0.4 is 10.6 Å². The van der Waals surface area contributed by atoms with Crippen LogP contribution >= 0.6 is 0 Å². The molecule has 1 aliphatic rings. The van der Waals surface area contributed by atoms with Crippen LogP contribution in [0.3, 0.4) is 0 Å². The summed E-state index contributed by atoms with van der Waals surface area (Å²) in [6.45, 7) is 6.40. The predicted octanol–water partition coefficient (Wildman–Crippen LogP) is 3.65. The summed E-state index contributed by atoms with van der Waals surface area (Å²) >= 11 is 0. The lowest BCUT2D eigenvalue weighted by molar-refractivity contribution is 0.413. The van der Waals surface area contributed by atoms with Gasteiger partial charge in [-0.1, -0.05) is 43.7 Å². The molecule has 31 heavy (non-hydrogen) atoms. The fraction of sp³-hybridized carbons (Fsp3) is 0.583. The van der Waals surface area contributed by atoms with E-state index in [-0.39, 0.29) is 0 Å². The zero-order valence-corrected chi connectivity index (χ0v) is 19.7. The van der Waals surface area contributed by atoms with Crippen molar-refractivity contribution in [2.75, 3.05) is 12.3 Å². The van der Waals surface area contributed by atoms with Crippen LogP contribution in [0.2, 0.25) is 0 Å². The minimum Gasteiger partial charge on any atom is -0.357 e. The highest BCUT2D eigenvalue weighted by Gasteiger charge is 2.26. The van der Waals surface area contributed by atoms with Gasteiger partial charge in [0.15, 0.2) is 5.96 Å². The Labute approximate surface area is 189 Å². The van der Waals surface area contributed by atoms with Gasteiger partial charge in [0.1, 0.15) is 12.4 Å². The van der Waals surface area contributed by atoms with Gasteiger partial charge in [0.2, 0.25) is 0 Å². The van der Waals surface area contributed by atoms with E-state index in [1.807, 2.05) is 19.3 Å². The number of aryl methyl sites for hydroxylation is 2. The van der Waals surface area contributed by atoms with E-state index in [2.05, 4.69) is 57.4 Å². The number of benzene rings is 1. The van der Waals surface area contributed by atoms with E-state index in [4.69, 9.17) is 4.99 Å². The Morgan fingerprint density at radius 3 is 2.87 bits per heavy atom. The molecular formula is C24H37N5OS. The number of nitrogens with zero attached hydrogens (tertiary/aromatic N) is 3. The summed E-state index contributed by atoms with van der Waals surface area (Å²) < 4.78 is 14.5. The second-order valence-corrected chi connectivity index (χ2v) is 10.1. The van der Waals surface area contributed by atoms with Gasteiger partial charge in [-0.3, -0.25) is 4.21 Å². The Kier molecular flexibility index (Phi) is 9.59. The SMILES string of the molecule is CCNC(=NCc1nccn1CCCc1ccccc1)NC1CCCC(S(=O)CC)C1. The van der Waals surface area contributed by atoms with E-state index >= 15 is 0 Å². The van der Waals surface area contributed by atoms with E-state index in [1.54, 1.807) is 0 Å². The van der Waals surface area contributed by atoms with Crippen LogP contribution in [0.5, 0.6) is 0 Å². The van der Waals surface area contributed by atoms with Crippen molar-refractivity contribution in [1.29, 1.82) is 0 Å². The molecule has 0 amide bonds. The molecule has 0 radical (unpaired) electrons. The summed E-state index contributed by atoms with van der Waals surface area (Å²) in [5.74, 6) is 2.56. The van der Waals surface area contributed by atoms with Crippen LogP contribution in [0.25, 0.3) is 0 Å². The summed E-state index contributed by atoms with van der Waals surface area (Å²) in [6, 6.07) is 10.9. The van der Waals surface area contributed by atoms with Crippen LogP contribution in [0, 0.1) is 0 Å². The smallest absolute Gasteiger partial charge is 0.191 e. The van der Waals surface area contributed by atoms with Crippen molar-refractivity contribution in [3.63, 3.8) is 0 Å². The van der Waals surface area contributed by atoms with E-state index in [9.17, 15) is 4.21 Å². The fourth-order valence-electron chi connectivity index (χ4n) is 4.21. The highest BCUT2D eigenvalue weighted by Crippen LogP contribution is 2.23. The molecule has 6 nitrogen and oxygen atoms in total. The largest absolute Gasteiger partial charge is 0.357 e. The summed E-state index contributed by atoms with van der Waals surface area (Å²) in [5.41, 5.74) is 1.37. The average Bonchev–Trinajstić information content (AvgIpc) is 3.25. The highest BCUT2D eigenvalue weighted by molar-refractivity contribution is 7.85. The first kappa shape index (κ1) is 23.5. The summed E-state index contributed by atoms with van der Waals surface area (Å²) in [4.78, 5) is 9.33. The molecule has 3 atom stereocenters. The quantitative estimate of drug-likeness (QED) is 0.434. The predicted molar refractivity (Wildman–Crippen MR) is 130 cm³/mol. The summed E-state index contributed by atoms with van der Waals surface area (Å²) in [7, 11) is -0.715. The van der Waals surface area contributed by atoms with Gasteiger partial charge in [-0.25, -0.2) is 9.98 Å². The second-order valence-electron chi connectivity index (χ2n) is 8.12. The molecule has 0 aliphatic heterocycles. The lowest BCUT2D eigenvalue weighted by Crippen LogP contribution is -2.46. The van der Waals surface area contributed by atoms with E-state index in [0.717, 1.165) is 69.2 Å². The third kappa shape index (κ3) is 7.49. The van der Waals surface area contributed by atoms with Crippen molar-refractivity contribution in [1.82, 2.24) is 20.2 Å². The lowest BCUT2D eigenvalue weighted by atomic mass is 9.95. The number of nitrogens with one attached hydrogen (secondary N) is 2. The number of imidazole rings is 1. The molecule has 170 valence electrons. The molecule has 3 rings (SSSR count). The maximum absolute atomic E-state index is 12.2. The zero-order valence-electron chi connectivity index (χ0n) is 18.9. The van der Waals surface area contributed by atoms with E-state index in [0.29, 0.717) is 17.8 Å². The normalized spacial score (nSPS) is 20.4. The Bertz CT molecular complexity index is 836. The lowest BCUT2D eigenvalue weighted by Gasteiger charge is -2.30. The van der Waals surface area contributed by atoms with Gasteiger partial charge in [-0.2, -0.15) is 0 Å². The minimum atomic E-state index is -0.715. The molecule has 2 aromatic rings. The Hall–Kier alpha value is -2.15. The zero-order chi connectivity index (χ0) is 21.9. The summed E-state index contributed by atoms with van der Waals surface area (Å²) in [5, 5.41) is 7.25. The number of aromatic nitrogens is 2. The molecular weight excluding hydrogens is 406 g/mol. The topological polar surface area (TPSA) is 71.3 Å². The van der Waals surface area contributed by atoms with Gasteiger partial charge in [0, 0.05) is 53.3 Å². The minimum absolute atomic E-state index is 0.308. The molecule has 1 heterocycles. The van der Waals surface area contributed by atoms with E-state index < -0.39 is 10.8 Å². The standard InChI is InChI=1S/C24H37N5OS/c1-3-25-24(28-21-13-8-14-22(18-21)31(30)4-2)27-19-23-26-15-17-29(23)16-9-12-20-10-6-5-7-11-20/h5-7,10-11,15,17,21-22H,3-4,8-9,12-14,16,18-19H2,1-2H3,(H2,25,27,28). The van der Waals surface area contributed by atoms with Crippen LogP contribution in [-0.2, 0) is 30.3 Å². The maximum atomic E-state index is 12.2. The van der Waals surface area contributed by atoms with Crippen LogP contribution in [0.1, 0.15) is 57.3 Å². The number of hydrogen-bond acceptors (Lipinski definition) is 3. The first-order valence-electron chi connectivity index (χ1n) is 11.7. The average molecular weight is 444 g/mol. The first-order chi connectivity index (χ1) is 15.2. The number of rotatable bonds is 10. The monoisotopic (exact) mass is 443 g/mol. The first-order valence-corrected chi connectivity index (χ1v) is 13.0. The highest BCUT2D eigenvalue weighted by atomic mass is 32.2. The molecule has 7 heteroatoms. The molecule has 1 aliphatic carbocycles. The van der Waals surface area contributed by atoms with Gasteiger partial charge in [0.05, 0.1) is 0 Å². The van der Waals surface area contributed by atoms with Crippen LogP contribution in [-0.4, -0.2) is 43.3 Å². The molecule has 2 N–H and O–H groups in total. The van der Waals surface area contributed by atoms with Gasteiger partial charge in [0.25, 0.3) is 0 Å². The molecule has 1 fully saturated rings. The molecule has 0 saturated heterocycles. The molecule has 1 aromatic heterocycles. The van der Waals surface area contributed by atoms with Crippen molar-refractivity contribution in [2.45, 2.75) is 76.8 Å². The number of aliphatic imine (C=N–C) groups is 1. The Morgan fingerprint density at radius 1 is 1.26 bits per heavy atom. The van der Waals surface area contributed by atoms with Crippen molar-refractivity contribution >= 4 is 16.8 Å². The Balaban J connectivity index is 1.54. The van der Waals surface area contributed by atoms with Crippen molar-refractivity contribution in [3.8, 4) is 0 Å². The van der Waals surface area contributed by atoms with Gasteiger partial charge in [-0.05, 0) is 44.6 Å². The third-order valence-corrected chi connectivity index (χ3v) is 7.60. The molecule has 1 saturated carbocycles. The number of guanidine groups is 1. The van der Waals surface area contributed by atoms with E-state index in [1.165, 1.54) is 5.56 Å². The van der Waals surface area contributed by atoms with Gasteiger partial charge < -0.3 is 15.2 Å². The summed E-state index contributed by atoms with van der Waals surface area (Å²) in [6.07, 6.45) is 10.3. The fourth-order valence-corrected chi connectivity index (χ4v) is 5.56. The van der Waals surface area contributed by atoms with Crippen molar-refractivity contribution in [2.24, 2.45) is 4.99 Å². The maximum Gasteiger partial charge on any atom is 0.191 e. The van der Waals surface area contributed by atoms with Crippen molar-refractivity contribution in [3.05, 3.63) is 54.1 Å². The third-order valence-electron chi connectivity index (χ3n) is 5.86. The Morgan fingerprint density at radius 2 is 2.10 bits per heavy atom. The van der Waals surface area contributed by atoms with Crippen LogP contribution in [0.15, 0.2) is 47.7 Å². The molecule has 1 aromatic carbocycles. The molecule has 3 unspecified atom stereocenters.